The van der Waals surface area contributed by atoms with Gasteiger partial charge in [0.15, 0.2) is 0 Å². The predicted molar refractivity (Wildman–Crippen MR) is 7.61 cm³/mol. The molecule has 0 atom stereocenters. The van der Waals surface area contributed by atoms with Crippen LogP contribution < -0.4 is 14.7 Å². The van der Waals surface area contributed by atoms with Crippen LogP contribution in [0, 0.1) is 0 Å². The third-order valence-corrected chi connectivity index (χ3v) is 0. The molecule has 0 aliphatic rings. The van der Waals surface area contributed by atoms with E-state index >= 15 is 0 Å². The van der Waals surface area contributed by atoms with Crippen LogP contribution in [0.15, 0.2) is 0 Å². The summed E-state index contributed by atoms with van der Waals surface area (Å²) in [5, 5.41) is 0. The zero-order valence-electron chi connectivity index (χ0n) is 2.75. The predicted octanol–water partition coefficient (Wildman–Crippen LogP) is -2.83. The topological polar surface area (TPSA) is 86.2 Å². The molecule has 0 fully saturated rings. The zero-order valence-corrected chi connectivity index (χ0v) is 7.65. The summed E-state index contributed by atoms with van der Waals surface area (Å²) in [4.78, 5) is 25.6. The molecule has 7 heavy (non-hydrogen) atoms. The first kappa shape index (κ1) is 15.8. The minimum atomic E-state index is -5.39. The van der Waals surface area contributed by atoms with E-state index in [0.29, 0.717) is 0 Å². The zero-order chi connectivity index (χ0) is 4.50. The van der Waals surface area contributed by atoms with Crippen molar-refractivity contribution in [1.82, 2.24) is 0 Å². The van der Waals surface area contributed by atoms with Crippen LogP contribution in [-0.4, -0.2) is 0 Å². The molecule has 1 radical (unpaired) electrons. The fraction of sp³-hybridized carbons (Fsp3) is 0. The van der Waals surface area contributed by atoms with Crippen LogP contribution in [0.1, 0.15) is 0 Å². The fourth-order valence-corrected chi connectivity index (χ4v) is 0. The number of phosphoric acid groups is 1. The summed E-state index contributed by atoms with van der Waals surface area (Å²) in [6.07, 6.45) is 0. The Morgan fingerprint density at radius 2 is 1.14 bits per heavy atom. The summed E-state index contributed by atoms with van der Waals surface area (Å²) < 4.78 is 8.55. The van der Waals surface area contributed by atoms with E-state index in [9.17, 15) is 0 Å². The van der Waals surface area contributed by atoms with Crippen molar-refractivity contribution in [3.05, 3.63) is 0 Å². The average Bonchev–Trinajstić information content (AvgIpc) is 0.722. The molecule has 0 aliphatic heterocycles. The van der Waals surface area contributed by atoms with Crippen LogP contribution >= 0.6 is 7.82 Å². The Balaban J connectivity index is -0.0000000800. The van der Waals surface area contributed by atoms with Gasteiger partial charge in [0.25, 0.3) is 0 Å². The molecule has 0 saturated heterocycles. The molecule has 0 rings (SSSR count). The summed E-state index contributed by atoms with van der Waals surface area (Å²) in [6, 6.07) is 0. The van der Waals surface area contributed by atoms with Crippen LogP contribution in [0.25, 0.3) is 0 Å². The number of rotatable bonds is 0. The maximum atomic E-state index is 8.55. The van der Waals surface area contributed by atoms with Gasteiger partial charge in [0, 0.05) is 0 Å². The molecule has 0 saturated carbocycles. The van der Waals surface area contributed by atoms with Gasteiger partial charge in [-0.1, -0.05) is 0 Å². The molecular formula is O4PPtRu+2. The first-order valence-electron chi connectivity index (χ1n) is 0.730. The summed E-state index contributed by atoms with van der Waals surface area (Å²) in [6.45, 7) is 0. The van der Waals surface area contributed by atoms with Crippen molar-refractivity contribution in [1.29, 1.82) is 0 Å². The summed E-state index contributed by atoms with van der Waals surface area (Å²) >= 11 is 0. The van der Waals surface area contributed by atoms with Crippen molar-refractivity contribution in [2.45, 2.75) is 0 Å². The smallest absolute Gasteiger partial charge is 0.822 e. The van der Waals surface area contributed by atoms with E-state index < -0.39 is 7.82 Å². The summed E-state index contributed by atoms with van der Waals surface area (Å²) in [7, 11) is -5.39. The Morgan fingerprint density at radius 3 is 1.14 bits per heavy atom. The van der Waals surface area contributed by atoms with Gasteiger partial charge in [-0.3, -0.25) is 0 Å². The molecule has 0 N–H and O–H groups in total. The van der Waals surface area contributed by atoms with Gasteiger partial charge in [0.05, 0.1) is 0 Å². The van der Waals surface area contributed by atoms with Gasteiger partial charge >= 0.3 is 40.5 Å². The molecule has 0 heterocycles. The number of hydrogen-bond donors (Lipinski definition) is 0. The Kier molecular flexibility index (Phi) is 12.5. The van der Waals surface area contributed by atoms with Crippen LogP contribution in [0.3, 0.4) is 0 Å². The van der Waals surface area contributed by atoms with Crippen molar-refractivity contribution < 1.29 is 59.8 Å². The maximum absolute atomic E-state index is 8.55. The van der Waals surface area contributed by atoms with Crippen molar-refractivity contribution >= 4 is 7.82 Å². The summed E-state index contributed by atoms with van der Waals surface area (Å²) in [5.74, 6) is 0. The minimum absolute atomic E-state index is 0. The van der Waals surface area contributed by atoms with Crippen LogP contribution in [0.5, 0.6) is 0 Å². The Morgan fingerprint density at radius 1 is 1.14 bits per heavy atom. The molecule has 0 spiro atoms. The first-order valence-corrected chi connectivity index (χ1v) is 2.19. The van der Waals surface area contributed by atoms with E-state index in [0.717, 1.165) is 0 Å². The Labute approximate surface area is 67.6 Å². The van der Waals surface area contributed by atoms with Crippen LogP contribution in [0.2, 0.25) is 0 Å². The standard InChI is InChI=1S/H3O4P.Pt.Ru/c1-5(2,3)4;;/h(H3,1,2,3,4);;/q;+2;+3/p-3. The molecule has 0 unspecified atom stereocenters. The average molecular weight is 391 g/mol. The minimum Gasteiger partial charge on any atom is -0.822 e. The second kappa shape index (κ2) is 5.56. The Bertz CT molecular complexity index is 57.8. The molecule has 4 nitrogen and oxygen atoms in total. The van der Waals surface area contributed by atoms with Crippen LogP contribution in [-0.2, 0) is 45.1 Å². The second-order valence-electron chi connectivity index (χ2n) is 0.447. The van der Waals surface area contributed by atoms with Gasteiger partial charge in [-0.05, 0) is 0 Å². The maximum Gasteiger partial charge on any atom is 3.00 e. The monoisotopic (exact) mass is 392 g/mol. The van der Waals surface area contributed by atoms with Crippen molar-refractivity contribution in [2.24, 2.45) is 0 Å². The molecule has 0 amide bonds. The Hall–Kier alpha value is 1.42. The third-order valence-electron chi connectivity index (χ3n) is 0. The molecule has 0 aromatic heterocycles. The molecule has 0 aromatic carbocycles. The summed E-state index contributed by atoms with van der Waals surface area (Å²) in [5.41, 5.74) is 0. The number of hydrogen-bond acceptors (Lipinski definition) is 4. The third kappa shape index (κ3) is 108. The molecule has 0 bridgehead atoms. The molecule has 7 heteroatoms. The molecular weight excluding hydrogens is 391 g/mol. The van der Waals surface area contributed by atoms with Gasteiger partial charge in [-0.15, -0.1) is 0 Å². The van der Waals surface area contributed by atoms with E-state index in [1.54, 1.807) is 0 Å². The molecule has 0 aliphatic carbocycles. The molecule has 0 aromatic rings. The van der Waals surface area contributed by atoms with Gasteiger partial charge in [-0.25, -0.2) is 0 Å². The van der Waals surface area contributed by atoms with Crippen molar-refractivity contribution in [3.63, 3.8) is 0 Å². The van der Waals surface area contributed by atoms with E-state index in [-0.39, 0.29) is 40.5 Å². The van der Waals surface area contributed by atoms with E-state index in [1.807, 2.05) is 0 Å². The largest absolute Gasteiger partial charge is 3.00 e. The van der Waals surface area contributed by atoms with Gasteiger partial charge < -0.3 is 19.2 Å². The van der Waals surface area contributed by atoms with Gasteiger partial charge in [0.1, 0.15) is 0 Å². The molecule has 45 valence electrons. The van der Waals surface area contributed by atoms with Crippen molar-refractivity contribution in [3.8, 4) is 0 Å². The van der Waals surface area contributed by atoms with Crippen LogP contribution in [0.4, 0.5) is 0 Å². The van der Waals surface area contributed by atoms with Gasteiger partial charge in [0.2, 0.25) is 0 Å². The second-order valence-corrected chi connectivity index (χ2v) is 1.34. The van der Waals surface area contributed by atoms with Gasteiger partial charge in [-0.2, -0.15) is 7.82 Å². The quantitative estimate of drug-likeness (QED) is 0.329. The fourth-order valence-electron chi connectivity index (χ4n) is 0. The van der Waals surface area contributed by atoms with Crippen molar-refractivity contribution in [2.75, 3.05) is 0 Å². The van der Waals surface area contributed by atoms with E-state index in [4.69, 9.17) is 19.2 Å². The van der Waals surface area contributed by atoms with E-state index in [2.05, 4.69) is 0 Å². The SMILES string of the molecule is O=P([O-])([O-])[O-].[Pt+2].[Ru+3]. The normalized spacial score (nSPS) is 8.43. The first-order chi connectivity index (χ1) is 2.00. The van der Waals surface area contributed by atoms with E-state index in [1.165, 1.54) is 0 Å².